The van der Waals surface area contributed by atoms with E-state index in [4.69, 9.17) is 16.9 Å². The van der Waals surface area contributed by atoms with Crippen molar-refractivity contribution in [1.82, 2.24) is 19.5 Å². The second-order valence-corrected chi connectivity index (χ2v) is 4.65. The zero-order valence-electron chi connectivity index (χ0n) is 10.5. The summed E-state index contributed by atoms with van der Waals surface area (Å²) in [7, 11) is 0. The second-order valence-electron chi connectivity index (χ2n) is 4.65. The van der Waals surface area contributed by atoms with Crippen molar-refractivity contribution in [2.45, 2.75) is 24.4 Å². The van der Waals surface area contributed by atoms with Gasteiger partial charge < -0.3 is 20.7 Å². The van der Waals surface area contributed by atoms with Gasteiger partial charge in [0, 0.05) is 6.42 Å². The van der Waals surface area contributed by atoms with Crippen LogP contribution in [0.25, 0.3) is 11.2 Å². The Labute approximate surface area is 114 Å². The first-order valence-corrected chi connectivity index (χ1v) is 5.99. The van der Waals surface area contributed by atoms with Crippen molar-refractivity contribution in [3.8, 4) is 12.3 Å². The van der Waals surface area contributed by atoms with Gasteiger partial charge in [0.1, 0.15) is 5.52 Å². The van der Waals surface area contributed by atoms with Crippen LogP contribution in [0.4, 0.5) is 5.95 Å². The Balaban J connectivity index is 2.10. The van der Waals surface area contributed by atoms with E-state index in [1.165, 1.54) is 17.1 Å². The Morgan fingerprint density at radius 3 is 3.10 bits per heavy atom. The van der Waals surface area contributed by atoms with Crippen LogP contribution in [0, 0.1) is 12.3 Å². The maximum absolute atomic E-state index is 10.5. The quantitative estimate of drug-likeness (QED) is 0.604. The molecule has 0 saturated carbocycles. The first-order valence-electron chi connectivity index (χ1n) is 5.99. The van der Waals surface area contributed by atoms with E-state index < -0.39 is 17.9 Å². The lowest BCUT2D eigenvalue weighted by molar-refractivity contribution is -0.0698. The second kappa shape index (κ2) is 4.42. The van der Waals surface area contributed by atoms with Crippen LogP contribution in [0.3, 0.4) is 0 Å². The Morgan fingerprint density at radius 1 is 1.60 bits per heavy atom. The molecule has 0 radical (unpaired) electrons. The molecular formula is C12H13N5O3. The fourth-order valence-electron chi connectivity index (χ4n) is 2.34. The minimum atomic E-state index is -1.54. The van der Waals surface area contributed by atoms with Crippen LogP contribution >= 0.6 is 0 Å². The van der Waals surface area contributed by atoms with Gasteiger partial charge in [-0.1, -0.05) is 5.92 Å². The molecule has 1 aliphatic rings. The molecule has 8 nitrogen and oxygen atoms in total. The predicted octanol–water partition coefficient (Wildman–Crippen LogP) is -0.947. The molecule has 1 saturated heterocycles. The molecule has 104 valence electrons. The van der Waals surface area contributed by atoms with Gasteiger partial charge in [-0.15, -0.1) is 6.42 Å². The highest BCUT2D eigenvalue weighted by atomic mass is 16.5. The Hall–Kier alpha value is -2.21. The number of aliphatic hydroxyl groups excluding tert-OH is 1. The van der Waals surface area contributed by atoms with Crippen LogP contribution in [0.5, 0.6) is 0 Å². The van der Waals surface area contributed by atoms with Crippen LogP contribution < -0.4 is 5.73 Å². The summed E-state index contributed by atoms with van der Waals surface area (Å²) in [6.45, 7) is -0.232. The van der Waals surface area contributed by atoms with Crippen molar-refractivity contribution in [1.29, 1.82) is 0 Å². The molecule has 20 heavy (non-hydrogen) atoms. The minimum Gasteiger partial charge on any atom is -0.394 e. The number of imidazole rings is 1. The van der Waals surface area contributed by atoms with E-state index in [9.17, 15) is 10.2 Å². The van der Waals surface area contributed by atoms with Gasteiger partial charge in [0.2, 0.25) is 5.95 Å². The monoisotopic (exact) mass is 275 g/mol. The number of rotatable bonds is 2. The average Bonchev–Trinajstić information content (AvgIpc) is 2.99. The molecule has 1 unspecified atom stereocenters. The number of fused-ring (bicyclic) bond motifs is 1. The van der Waals surface area contributed by atoms with Crippen LogP contribution in [0.15, 0.2) is 12.5 Å². The molecule has 1 aliphatic heterocycles. The van der Waals surface area contributed by atoms with Crippen LogP contribution in [0.2, 0.25) is 0 Å². The molecule has 0 aliphatic carbocycles. The molecule has 3 heterocycles. The molecule has 3 atom stereocenters. The number of terminal acetylenes is 1. The number of hydrogen-bond donors (Lipinski definition) is 3. The third kappa shape index (κ3) is 1.80. The van der Waals surface area contributed by atoms with Crippen LogP contribution in [-0.2, 0) is 4.74 Å². The van der Waals surface area contributed by atoms with Crippen LogP contribution in [-0.4, -0.2) is 48.0 Å². The van der Waals surface area contributed by atoms with Gasteiger partial charge >= 0.3 is 0 Å². The Morgan fingerprint density at radius 2 is 2.40 bits per heavy atom. The van der Waals surface area contributed by atoms with Crippen molar-refractivity contribution in [2.24, 2.45) is 0 Å². The van der Waals surface area contributed by atoms with Crippen molar-refractivity contribution >= 4 is 17.1 Å². The molecule has 0 bridgehead atoms. The smallest absolute Gasteiger partial charge is 0.222 e. The molecule has 2 aromatic heterocycles. The molecule has 2 aromatic rings. The highest BCUT2D eigenvalue weighted by molar-refractivity contribution is 5.70. The molecule has 0 spiro atoms. The van der Waals surface area contributed by atoms with E-state index in [-0.39, 0.29) is 19.0 Å². The topological polar surface area (TPSA) is 119 Å². The molecule has 1 fully saturated rings. The highest BCUT2D eigenvalue weighted by Crippen LogP contribution is 2.38. The first kappa shape index (κ1) is 12.8. The van der Waals surface area contributed by atoms with Gasteiger partial charge in [-0.25, -0.2) is 9.97 Å². The normalized spacial score (nSPS) is 29.6. The number of hydrogen-bond acceptors (Lipinski definition) is 7. The summed E-state index contributed by atoms with van der Waals surface area (Å²) in [5.41, 5.74) is 4.94. The lowest BCUT2D eigenvalue weighted by Gasteiger charge is -2.23. The van der Waals surface area contributed by atoms with Crippen molar-refractivity contribution in [3.05, 3.63) is 12.5 Å². The molecule has 8 heteroatoms. The lowest BCUT2D eigenvalue weighted by Crippen LogP contribution is -2.33. The third-order valence-electron chi connectivity index (χ3n) is 3.31. The Bertz CT molecular complexity index is 694. The van der Waals surface area contributed by atoms with E-state index in [1.807, 2.05) is 0 Å². The van der Waals surface area contributed by atoms with Crippen LogP contribution in [0.1, 0.15) is 12.6 Å². The van der Waals surface area contributed by atoms with Gasteiger partial charge in [-0.3, -0.25) is 4.57 Å². The number of aromatic nitrogens is 4. The highest BCUT2D eigenvalue weighted by Gasteiger charge is 2.47. The Kier molecular flexibility index (Phi) is 2.83. The largest absolute Gasteiger partial charge is 0.394 e. The zero-order chi connectivity index (χ0) is 14.3. The summed E-state index contributed by atoms with van der Waals surface area (Å²) in [5, 5.41) is 19.7. The van der Waals surface area contributed by atoms with Crippen molar-refractivity contribution in [3.63, 3.8) is 0 Å². The molecule has 4 N–H and O–H groups in total. The van der Waals surface area contributed by atoms with E-state index in [2.05, 4.69) is 20.9 Å². The minimum absolute atomic E-state index is 0.0835. The fraction of sp³-hybridized carbons (Fsp3) is 0.417. The van der Waals surface area contributed by atoms with E-state index >= 15 is 0 Å². The molecule has 0 aromatic carbocycles. The SMILES string of the molecule is C#C[C@@]1(O)C[C@@H](CO)OC1n1cnc2cnc(N)nc21. The van der Waals surface area contributed by atoms with Gasteiger partial charge in [0.05, 0.1) is 25.2 Å². The number of ether oxygens (including phenoxy) is 1. The van der Waals surface area contributed by atoms with Gasteiger partial charge in [0.15, 0.2) is 17.5 Å². The summed E-state index contributed by atoms with van der Waals surface area (Å²) in [6, 6.07) is 0. The molecule has 0 amide bonds. The van der Waals surface area contributed by atoms with Crippen molar-refractivity contribution < 1.29 is 14.9 Å². The third-order valence-corrected chi connectivity index (χ3v) is 3.31. The predicted molar refractivity (Wildman–Crippen MR) is 69.1 cm³/mol. The number of aliphatic hydroxyl groups is 2. The summed E-state index contributed by atoms with van der Waals surface area (Å²) >= 11 is 0. The first-order chi connectivity index (χ1) is 9.57. The summed E-state index contributed by atoms with van der Waals surface area (Å²) < 4.78 is 7.09. The molecule has 3 rings (SSSR count). The number of anilines is 1. The van der Waals surface area contributed by atoms with E-state index in [0.29, 0.717) is 11.2 Å². The molecular weight excluding hydrogens is 262 g/mol. The number of nitrogens with two attached hydrogens (primary N) is 1. The van der Waals surface area contributed by atoms with Crippen molar-refractivity contribution in [2.75, 3.05) is 12.3 Å². The van der Waals surface area contributed by atoms with Gasteiger partial charge in [-0.2, -0.15) is 4.98 Å². The average molecular weight is 275 g/mol. The van der Waals surface area contributed by atoms with E-state index in [1.54, 1.807) is 0 Å². The zero-order valence-corrected chi connectivity index (χ0v) is 10.5. The number of nitrogens with zero attached hydrogens (tertiary/aromatic N) is 4. The fourth-order valence-corrected chi connectivity index (χ4v) is 2.34. The van der Waals surface area contributed by atoms with Gasteiger partial charge in [-0.05, 0) is 0 Å². The lowest BCUT2D eigenvalue weighted by atomic mass is 9.99. The summed E-state index contributed by atoms with van der Waals surface area (Å²) in [5.74, 6) is 2.40. The summed E-state index contributed by atoms with van der Waals surface area (Å²) in [4.78, 5) is 12.0. The van der Waals surface area contributed by atoms with E-state index in [0.717, 1.165) is 0 Å². The summed E-state index contributed by atoms with van der Waals surface area (Å²) in [6.07, 6.45) is 7.03. The maximum Gasteiger partial charge on any atom is 0.222 e. The standard InChI is InChI=1S/C12H13N5O3/c1-2-12(19)3-7(5-18)20-10(12)17-6-15-8-4-14-11(13)16-9(8)17/h1,4,6-7,10,18-19H,3,5H2,(H2,13,14,16)/t7-,10?,12+/m0/s1. The maximum atomic E-state index is 10.5. The van der Waals surface area contributed by atoms with Gasteiger partial charge in [0.25, 0.3) is 0 Å². The number of nitrogen functional groups attached to an aromatic ring is 1.